The molecular weight excluding hydrogens is 240 g/mol. The first-order valence-electron chi connectivity index (χ1n) is 6.95. The van der Waals surface area contributed by atoms with E-state index < -0.39 is 5.72 Å². The summed E-state index contributed by atoms with van der Waals surface area (Å²) < 4.78 is 6.25. The van der Waals surface area contributed by atoms with E-state index >= 15 is 0 Å². The number of fused-ring (bicyclic) bond motifs is 2. The fourth-order valence-electron chi connectivity index (χ4n) is 3.91. The molecule has 1 aromatic rings. The fraction of sp³-hybridized carbons (Fsp3) is 0.533. The summed E-state index contributed by atoms with van der Waals surface area (Å²) >= 11 is 0. The average Bonchev–Trinajstić information content (AvgIpc) is 2.38. The van der Waals surface area contributed by atoms with Crippen molar-refractivity contribution in [2.75, 3.05) is 20.1 Å². The quantitative estimate of drug-likeness (QED) is 0.763. The summed E-state index contributed by atoms with van der Waals surface area (Å²) in [5, 5.41) is 3.14. The Morgan fingerprint density at radius 1 is 1.42 bits per heavy atom. The summed E-state index contributed by atoms with van der Waals surface area (Å²) in [7, 11) is 2.14. The van der Waals surface area contributed by atoms with Crippen LogP contribution in [0.25, 0.3) is 0 Å². The van der Waals surface area contributed by atoms with Crippen LogP contribution in [0.1, 0.15) is 24.3 Å². The van der Waals surface area contributed by atoms with Crippen LogP contribution in [0.3, 0.4) is 0 Å². The number of nitrogens with zero attached hydrogens (tertiary/aromatic N) is 1. The van der Waals surface area contributed by atoms with Gasteiger partial charge in [-0.1, -0.05) is 18.2 Å². The lowest BCUT2D eigenvalue weighted by atomic mass is 9.69. The SMILES string of the molecule is CN1CC[C@@]23NC(=O)C[C@@H](c4ccccc4O2)[C@@H]3C1. The second-order valence-corrected chi connectivity index (χ2v) is 6.01. The van der Waals surface area contributed by atoms with E-state index in [9.17, 15) is 4.79 Å². The van der Waals surface area contributed by atoms with Crippen molar-refractivity contribution >= 4 is 5.91 Å². The number of likely N-dealkylation sites (tertiary alicyclic amines) is 1. The van der Waals surface area contributed by atoms with E-state index in [1.54, 1.807) is 0 Å². The predicted octanol–water partition coefficient (Wildman–Crippen LogP) is 1.33. The first-order valence-corrected chi connectivity index (χ1v) is 6.95. The van der Waals surface area contributed by atoms with Crippen LogP contribution in [0.2, 0.25) is 0 Å². The maximum Gasteiger partial charge on any atom is 0.223 e. The molecule has 1 N–H and O–H groups in total. The molecule has 1 amide bonds. The van der Waals surface area contributed by atoms with Crippen molar-refractivity contribution in [1.82, 2.24) is 10.2 Å². The van der Waals surface area contributed by atoms with Gasteiger partial charge < -0.3 is 15.0 Å². The lowest BCUT2D eigenvalue weighted by Crippen LogP contribution is -2.69. The summed E-state index contributed by atoms with van der Waals surface area (Å²) in [6.07, 6.45) is 1.45. The van der Waals surface area contributed by atoms with Crippen molar-refractivity contribution in [3.63, 3.8) is 0 Å². The molecule has 3 aliphatic rings. The second kappa shape index (κ2) is 3.73. The summed E-state index contributed by atoms with van der Waals surface area (Å²) in [4.78, 5) is 14.4. The van der Waals surface area contributed by atoms with Crippen molar-refractivity contribution in [2.24, 2.45) is 5.92 Å². The van der Waals surface area contributed by atoms with Gasteiger partial charge in [0, 0.05) is 37.8 Å². The van der Waals surface area contributed by atoms with E-state index in [1.165, 1.54) is 5.56 Å². The number of benzene rings is 1. The van der Waals surface area contributed by atoms with Crippen molar-refractivity contribution < 1.29 is 9.53 Å². The predicted molar refractivity (Wildman–Crippen MR) is 70.9 cm³/mol. The van der Waals surface area contributed by atoms with Crippen molar-refractivity contribution in [3.8, 4) is 5.75 Å². The van der Waals surface area contributed by atoms with Gasteiger partial charge in [-0.05, 0) is 18.7 Å². The van der Waals surface area contributed by atoms with E-state index in [2.05, 4.69) is 23.3 Å². The van der Waals surface area contributed by atoms with Gasteiger partial charge in [-0.15, -0.1) is 0 Å². The number of amides is 1. The second-order valence-electron chi connectivity index (χ2n) is 6.01. The van der Waals surface area contributed by atoms with Gasteiger partial charge in [0.25, 0.3) is 0 Å². The Hall–Kier alpha value is -1.55. The number of nitrogens with one attached hydrogen (secondary N) is 1. The third-order valence-electron chi connectivity index (χ3n) is 4.82. The van der Waals surface area contributed by atoms with Crippen LogP contribution in [-0.2, 0) is 4.79 Å². The van der Waals surface area contributed by atoms with Crippen LogP contribution in [0.4, 0.5) is 0 Å². The van der Waals surface area contributed by atoms with Gasteiger partial charge >= 0.3 is 0 Å². The maximum absolute atomic E-state index is 12.0. The molecule has 0 saturated carbocycles. The molecule has 0 aliphatic carbocycles. The van der Waals surface area contributed by atoms with Gasteiger partial charge in [-0.3, -0.25) is 4.79 Å². The zero-order valence-electron chi connectivity index (χ0n) is 11.1. The van der Waals surface area contributed by atoms with Gasteiger partial charge in [0.05, 0.1) is 0 Å². The number of carbonyl (C=O) groups is 1. The monoisotopic (exact) mass is 258 g/mol. The Morgan fingerprint density at radius 3 is 3.16 bits per heavy atom. The zero-order chi connectivity index (χ0) is 13.0. The van der Waals surface area contributed by atoms with Crippen molar-refractivity contribution in [3.05, 3.63) is 29.8 Å². The zero-order valence-corrected chi connectivity index (χ0v) is 11.1. The van der Waals surface area contributed by atoms with Gasteiger partial charge in [0.15, 0.2) is 5.72 Å². The molecule has 3 heterocycles. The van der Waals surface area contributed by atoms with E-state index in [4.69, 9.17) is 4.74 Å². The van der Waals surface area contributed by atoms with Gasteiger partial charge in [-0.25, -0.2) is 0 Å². The van der Waals surface area contributed by atoms with Crippen molar-refractivity contribution in [1.29, 1.82) is 0 Å². The Labute approximate surface area is 112 Å². The lowest BCUT2D eigenvalue weighted by molar-refractivity contribution is -0.152. The van der Waals surface area contributed by atoms with Crippen LogP contribution in [0.5, 0.6) is 5.75 Å². The Bertz CT molecular complexity index is 545. The number of ether oxygens (including phenoxy) is 1. The largest absolute Gasteiger partial charge is 0.467 e. The normalized spacial score (nSPS) is 36.8. The molecule has 4 heteroatoms. The highest BCUT2D eigenvalue weighted by Gasteiger charge is 2.56. The van der Waals surface area contributed by atoms with Crippen LogP contribution < -0.4 is 10.1 Å². The number of carbonyl (C=O) groups excluding carboxylic acids is 1. The molecule has 0 radical (unpaired) electrons. The summed E-state index contributed by atoms with van der Waals surface area (Å²) in [6.45, 7) is 1.95. The topological polar surface area (TPSA) is 41.6 Å². The first kappa shape index (κ1) is 11.3. The molecule has 4 nitrogen and oxygen atoms in total. The minimum Gasteiger partial charge on any atom is -0.467 e. The fourth-order valence-corrected chi connectivity index (χ4v) is 3.91. The summed E-state index contributed by atoms with van der Waals surface area (Å²) in [5.41, 5.74) is 0.731. The summed E-state index contributed by atoms with van der Waals surface area (Å²) in [6, 6.07) is 8.17. The molecule has 0 unspecified atom stereocenters. The molecule has 3 atom stereocenters. The highest BCUT2D eigenvalue weighted by molar-refractivity contribution is 5.80. The molecule has 0 aromatic heterocycles. The minimum absolute atomic E-state index is 0.125. The maximum atomic E-state index is 12.0. The first-order chi connectivity index (χ1) is 9.18. The minimum atomic E-state index is -0.471. The van der Waals surface area contributed by atoms with Crippen LogP contribution in [0, 0.1) is 5.92 Å². The van der Waals surface area contributed by atoms with E-state index in [-0.39, 0.29) is 5.91 Å². The third kappa shape index (κ3) is 1.53. The molecule has 4 rings (SSSR count). The Kier molecular flexibility index (Phi) is 2.22. The summed E-state index contributed by atoms with van der Waals surface area (Å²) in [5.74, 6) is 1.73. The molecule has 1 aromatic carbocycles. The number of piperidine rings is 2. The average molecular weight is 258 g/mol. The molecule has 2 saturated heterocycles. The van der Waals surface area contributed by atoms with Gasteiger partial charge in [0.2, 0.25) is 5.91 Å². The smallest absolute Gasteiger partial charge is 0.223 e. The lowest BCUT2D eigenvalue weighted by Gasteiger charge is -2.55. The van der Waals surface area contributed by atoms with E-state index in [0.717, 1.165) is 25.3 Å². The van der Waals surface area contributed by atoms with E-state index in [1.807, 2.05) is 18.2 Å². The molecule has 0 spiro atoms. The number of rotatable bonds is 0. The number of para-hydroxylation sites is 1. The van der Waals surface area contributed by atoms with Crippen LogP contribution >= 0.6 is 0 Å². The number of hydrogen-bond donors (Lipinski definition) is 1. The molecule has 19 heavy (non-hydrogen) atoms. The van der Waals surface area contributed by atoms with Crippen molar-refractivity contribution in [2.45, 2.75) is 24.5 Å². The van der Waals surface area contributed by atoms with Gasteiger partial charge in [-0.2, -0.15) is 0 Å². The number of hydrogen-bond acceptors (Lipinski definition) is 3. The molecule has 2 fully saturated rings. The van der Waals surface area contributed by atoms with Crippen LogP contribution in [-0.4, -0.2) is 36.7 Å². The Balaban J connectivity index is 1.85. The third-order valence-corrected chi connectivity index (χ3v) is 4.82. The standard InChI is InChI=1S/C15H18N2O2/c1-17-7-6-15-12(9-17)11(8-14(18)16-15)10-4-2-3-5-13(10)19-15/h2-5,11-12H,6-9H2,1H3,(H,16,18)/t11-,12-,15+/m0/s1. The molecule has 3 aliphatic heterocycles. The molecule has 2 bridgehead atoms. The highest BCUT2D eigenvalue weighted by atomic mass is 16.5. The van der Waals surface area contributed by atoms with Crippen LogP contribution in [0.15, 0.2) is 24.3 Å². The Morgan fingerprint density at radius 2 is 2.26 bits per heavy atom. The molecule has 100 valence electrons. The van der Waals surface area contributed by atoms with Gasteiger partial charge in [0.1, 0.15) is 5.75 Å². The highest BCUT2D eigenvalue weighted by Crippen LogP contribution is 2.50. The molecular formula is C15H18N2O2. The van der Waals surface area contributed by atoms with E-state index in [0.29, 0.717) is 18.3 Å².